The minimum atomic E-state index is -0.127. The summed E-state index contributed by atoms with van der Waals surface area (Å²) in [5.74, 6) is 0.640. The molecule has 1 aromatic carbocycles. The van der Waals surface area contributed by atoms with Crippen LogP contribution in [0.15, 0.2) is 22.7 Å². The monoisotopic (exact) mass is 363 g/mol. The Morgan fingerprint density at radius 3 is 2.71 bits per heavy atom. The van der Waals surface area contributed by atoms with E-state index in [0.717, 1.165) is 22.5 Å². The molecule has 0 bridgehead atoms. The number of halogens is 3. The zero-order valence-corrected chi connectivity index (χ0v) is 13.0. The molecule has 2 rings (SSSR count). The standard InChI is InChI=1S/C13H16Br2FN/c1-17(7-9-4-12(15)5-9)8-10-2-3-11(14)6-13(10)16/h2-3,6,9,12H,4-5,7-8H2,1H3. The molecule has 0 N–H and O–H groups in total. The van der Waals surface area contributed by atoms with Gasteiger partial charge in [0, 0.05) is 28.0 Å². The Morgan fingerprint density at radius 1 is 1.41 bits per heavy atom. The first-order valence-corrected chi connectivity index (χ1v) is 7.52. The molecule has 17 heavy (non-hydrogen) atoms. The Morgan fingerprint density at radius 2 is 2.12 bits per heavy atom. The lowest BCUT2D eigenvalue weighted by molar-refractivity contribution is 0.206. The van der Waals surface area contributed by atoms with Gasteiger partial charge >= 0.3 is 0 Å². The molecule has 0 atom stereocenters. The molecular formula is C13H16Br2FN. The van der Waals surface area contributed by atoms with Crippen LogP contribution in [0.1, 0.15) is 18.4 Å². The molecule has 1 aliphatic rings. The molecule has 0 saturated heterocycles. The Kier molecular flexibility index (Phi) is 4.61. The van der Waals surface area contributed by atoms with Crippen molar-refractivity contribution < 1.29 is 4.39 Å². The molecule has 1 aliphatic carbocycles. The molecule has 1 aromatic rings. The van der Waals surface area contributed by atoms with Gasteiger partial charge in [-0.2, -0.15) is 0 Å². The van der Waals surface area contributed by atoms with E-state index in [1.165, 1.54) is 18.9 Å². The van der Waals surface area contributed by atoms with Crippen molar-refractivity contribution in [1.82, 2.24) is 4.90 Å². The predicted molar refractivity (Wildman–Crippen MR) is 75.9 cm³/mol. The van der Waals surface area contributed by atoms with Crippen LogP contribution in [0.3, 0.4) is 0 Å². The summed E-state index contributed by atoms with van der Waals surface area (Å²) < 4.78 is 14.4. The van der Waals surface area contributed by atoms with Gasteiger partial charge in [-0.05, 0) is 37.9 Å². The average Bonchev–Trinajstić information content (AvgIpc) is 2.20. The van der Waals surface area contributed by atoms with Crippen molar-refractivity contribution in [2.75, 3.05) is 13.6 Å². The summed E-state index contributed by atoms with van der Waals surface area (Å²) in [7, 11) is 2.06. The molecular weight excluding hydrogens is 349 g/mol. The summed E-state index contributed by atoms with van der Waals surface area (Å²) in [6.45, 7) is 1.74. The van der Waals surface area contributed by atoms with Crippen LogP contribution in [-0.4, -0.2) is 23.3 Å². The van der Waals surface area contributed by atoms with E-state index in [4.69, 9.17) is 0 Å². The van der Waals surface area contributed by atoms with E-state index in [1.807, 2.05) is 12.1 Å². The topological polar surface area (TPSA) is 3.24 Å². The van der Waals surface area contributed by atoms with E-state index < -0.39 is 0 Å². The highest BCUT2D eigenvalue weighted by atomic mass is 79.9. The van der Waals surface area contributed by atoms with Crippen molar-refractivity contribution in [3.05, 3.63) is 34.1 Å². The normalized spacial score (nSPS) is 23.8. The maximum atomic E-state index is 13.6. The first kappa shape index (κ1) is 13.5. The highest BCUT2D eigenvalue weighted by Crippen LogP contribution is 2.33. The Balaban J connectivity index is 1.87. The fourth-order valence-corrected chi connectivity index (χ4v) is 3.64. The van der Waals surface area contributed by atoms with Crippen LogP contribution in [-0.2, 0) is 6.54 Å². The van der Waals surface area contributed by atoms with Gasteiger partial charge in [0.05, 0.1) is 0 Å². The van der Waals surface area contributed by atoms with E-state index in [1.54, 1.807) is 0 Å². The second-order valence-corrected chi connectivity index (χ2v) is 7.08. The third kappa shape index (κ3) is 3.76. The highest BCUT2D eigenvalue weighted by Gasteiger charge is 2.27. The zero-order chi connectivity index (χ0) is 12.4. The van der Waals surface area contributed by atoms with Gasteiger partial charge in [-0.15, -0.1) is 0 Å². The van der Waals surface area contributed by atoms with Crippen LogP contribution < -0.4 is 0 Å². The van der Waals surface area contributed by atoms with Gasteiger partial charge in [0.25, 0.3) is 0 Å². The summed E-state index contributed by atoms with van der Waals surface area (Å²) in [5, 5.41) is 0. The average molecular weight is 365 g/mol. The van der Waals surface area contributed by atoms with Crippen LogP contribution in [0.2, 0.25) is 0 Å². The van der Waals surface area contributed by atoms with Gasteiger partial charge in [-0.25, -0.2) is 4.39 Å². The lowest BCUT2D eigenvalue weighted by Gasteiger charge is -2.34. The summed E-state index contributed by atoms with van der Waals surface area (Å²) in [4.78, 5) is 2.90. The summed E-state index contributed by atoms with van der Waals surface area (Å²) in [6.07, 6.45) is 2.49. The van der Waals surface area contributed by atoms with Gasteiger partial charge < -0.3 is 4.90 Å². The van der Waals surface area contributed by atoms with E-state index in [2.05, 4.69) is 43.8 Å². The number of hydrogen-bond acceptors (Lipinski definition) is 1. The molecule has 0 heterocycles. The number of benzene rings is 1. The third-order valence-electron chi connectivity index (χ3n) is 3.20. The Hall–Kier alpha value is 0.0700. The lowest BCUT2D eigenvalue weighted by atomic mass is 9.85. The number of alkyl halides is 1. The Bertz CT molecular complexity index is 391. The van der Waals surface area contributed by atoms with Gasteiger partial charge in [-0.1, -0.05) is 37.9 Å². The minimum absolute atomic E-state index is 0.127. The van der Waals surface area contributed by atoms with Crippen molar-refractivity contribution in [2.24, 2.45) is 5.92 Å². The minimum Gasteiger partial charge on any atom is -0.302 e. The molecule has 1 fully saturated rings. The summed E-state index contributed by atoms with van der Waals surface area (Å²) in [5.41, 5.74) is 0.769. The number of nitrogens with zero attached hydrogens (tertiary/aromatic N) is 1. The number of hydrogen-bond donors (Lipinski definition) is 0. The second-order valence-electron chi connectivity index (χ2n) is 4.87. The smallest absolute Gasteiger partial charge is 0.128 e. The molecule has 0 amide bonds. The van der Waals surface area contributed by atoms with E-state index in [9.17, 15) is 4.39 Å². The van der Waals surface area contributed by atoms with Crippen molar-refractivity contribution in [1.29, 1.82) is 0 Å². The van der Waals surface area contributed by atoms with Crippen molar-refractivity contribution in [3.63, 3.8) is 0 Å². The molecule has 1 saturated carbocycles. The molecule has 0 spiro atoms. The quantitative estimate of drug-likeness (QED) is 0.724. The zero-order valence-electron chi connectivity index (χ0n) is 9.80. The first-order chi connectivity index (χ1) is 8.04. The predicted octanol–water partition coefficient (Wildman–Crippen LogP) is 4.19. The fraction of sp³-hybridized carbons (Fsp3) is 0.538. The van der Waals surface area contributed by atoms with E-state index >= 15 is 0 Å². The summed E-state index contributed by atoms with van der Waals surface area (Å²) in [6, 6.07) is 5.27. The van der Waals surface area contributed by atoms with Crippen LogP contribution in [0.25, 0.3) is 0 Å². The van der Waals surface area contributed by atoms with Crippen LogP contribution in [0, 0.1) is 11.7 Å². The van der Waals surface area contributed by atoms with Gasteiger partial charge in [0.1, 0.15) is 5.82 Å². The SMILES string of the molecule is CN(Cc1ccc(Br)cc1F)CC1CC(Br)C1. The molecule has 4 heteroatoms. The molecule has 0 radical (unpaired) electrons. The van der Waals surface area contributed by atoms with Gasteiger partial charge in [0.15, 0.2) is 0 Å². The lowest BCUT2D eigenvalue weighted by Crippen LogP contribution is -2.34. The second kappa shape index (κ2) is 5.81. The van der Waals surface area contributed by atoms with Crippen molar-refractivity contribution in [2.45, 2.75) is 24.2 Å². The van der Waals surface area contributed by atoms with Crippen molar-refractivity contribution >= 4 is 31.9 Å². The van der Waals surface area contributed by atoms with Crippen LogP contribution >= 0.6 is 31.9 Å². The molecule has 0 aliphatic heterocycles. The van der Waals surface area contributed by atoms with Gasteiger partial charge in [-0.3, -0.25) is 0 Å². The molecule has 0 aromatic heterocycles. The fourth-order valence-electron chi connectivity index (χ4n) is 2.25. The first-order valence-electron chi connectivity index (χ1n) is 5.81. The van der Waals surface area contributed by atoms with Gasteiger partial charge in [0.2, 0.25) is 0 Å². The Labute approximate surface area is 119 Å². The van der Waals surface area contributed by atoms with E-state index in [0.29, 0.717) is 11.4 Å². The largest absolute Gasteiger partial charge is 0.302 e. The van der Waals surface area contributed by atoms with Crippen LogP contribution in [0.5, 0.6) is 0 Å². The third-order valence-corrected chi connectivity index (χ3v) is 4.44. The highest BCUT2D eigenvalue weighted by molar-refractivity contribution is 9.10. The van der Waals surface area contributed by atoms with Crippen molar-refractivity contribution in [3.8, 4) is 0 Å². The molecule has 94 valence electrons. The maximum absolute atomic E-state index is 13.6. The molecule has 1 nitrogen and oxygen atoms in total. The summed E-state index contributed by atoms with van der Waals surface area (Å²) >= 11 is 6.86. The maximum Gasteiger partial charge on any atom is 0.128 e. The number of rotatable bonds is 4. The van der Waals surface area contributed by atoms with E-state index in [-0.39, 0.29) is 5.82 Å². The molecule has 0 unspecified atom stereocenters. The van der Waals surface area contributed by atoms with Crippen LogP contribution in [0.4, 0.5) is 4.39 Å².